The van der Waals surface area contributed by atoms with Gasteiger partial charge in [0.15, 0.2) is 0 Å². The van der Waals surface area contributed by atoms with Gasteiger partial charge in [-0.3, -0.25) is 18.2 Å². The number of aryl methyl sites for hydroxylation is 4. The summed E-state index contributed by atoms with van der Waals surface area (Å²) in [4.78, 5) is 1.53. The van der Waals surface area contributed by atoms with Gasteiger partial charge < -0.3 is 9.73 Å². The van der Waals surface area contributed by atoms with E-state index in [9.17, 15) is 60.3 Å². The lowest BCUT2D eigenvalue weighted by Gasteiger charge is -2.24. The predicted molar refractivity (Wildman–Crippen MR) is 245 cm³/mol. The number of fused-ring (bicyclic) bond motifs is 2. The van der Waals surface area contributed by atoms with E-state index in [1.54, 1.807) is 13.8 Å². The Hall–Kier alpha value is -5.08. The minimum Gasteiger partial charge on any atom is -0.456 e. The van der Waals surface area contributed by atoms with Crippen molar-refractivity contribution in [2.45, 2.75) is 104 Å². The smallest absolute Gasteiger partial charge is 0.296 e. The average Bonchev–Trinajstić information content (AvgIpc) is 3.17. The molecule has 66 heavy (non-hydrogen) atoms. The average molecular weight is 1000 g/mol. The summed E-state index contributed by atoms with van der Waals surface area (Å²) in [5.41, 5.74) is -0.0954. The maximum atomic E-state index is 14.4. The maximum Gasteiger partial charge on any atom is 0.296 e. The number of hydrogen-bond donors (Lipinski definition) is 6. The normalized spacial score (nSPS) is 14.9. The van der Waals surface area contributed by atoms with E-state index in [1.807, 2.05) is 0 Å². The van der Waals surface area contributed by atoms with Crippen LogP contribution >= 0.6 is 0 Å². The molecule has 4 aromatic carbocycles. The Kier molecular flexibility index (Phi) is 12.7. The highest BCUT2D eigenvalue weighted by Crippen LogP contribution is 2.46. The van der Waals surface area contributed by atoms with Crippen molar-refractivity contribution in [1.29, 1.82) is 0 Å². The van der Waals surface area contributed by atoms with E-state index in [2.05, 4.69) is 15.0 Å². The van der Waals surface area contributed by atoms with Gasteiger partial charge in [-0.1, -0.05) is 49.6 Å². The van der Waals surface area contributed by atoms with Crippen LogP contribution in [-0.2, 0) is 50.5 Å². The fourth-order valence-corrected chi connectivity index (χ4v) is 13.7. The molecule has 0 bridgehead atoms. The molecule has 4 aromatic rings. The minimum absolute atomic E-state index is 0.0139. The number of hydrogen-bond acceptors (Lipinski definition) is 13. The zero-order valence-electron chi connectivity index (χ0n) is 36.2. The van der Waals surface area contributed by atoms with Crippen LogP contribution in [0.3, 0.4) is 0 Å². The second-order valence-electron chi connectivity index (χ2n) is 16.4. The van der Waals surface area contributed by atoms with Crippen LogP contribution in [0.5, 0.6) is 0 Å². The summed E-state index contributed by atoms with van der Waals surface area (Å²) in [6.07, 6.45) is 3.61. The van der Waals surface area contributed by atoms with E-state index in [0.29, 0.717) is 24.0 Å². The van der Waals surface area contributed by atoms with E-state index < -0.39 is 81.5 Å². The van der Waals surface area contributed by atoms with Crippen molar-refractivity contribution in [3.05, 3.63) is 99.4 Å². The second-order valence-corrected chi connectivity index (χ2v) is 23.6. The molecule has 7 rings (SSSR count). The number of sulfonamides is 1. The summed E-state index contributed by atoms with van der Waals surface area (Å²) < 4.78 is 183. The minimum atomic E-state index is -5.27. The Balaban J connectivity index is 1.64. The van der Waals surface area contributed by atoms with Gasteiger partial charge in [0.1, 0.15) is 30.9 Å². The molecule has 18 nitrogen and oxygen atoms in total. The van der Waals surface area contributed by atoms with E-state index in [4.69, 9.17) is 4.42 Å². The topological polar surface area (TPSA) is 301 Å². The van der Waals surface area contributed by atoms with Crippen molar-refractivity contribution in [2.75, 3.05) is 5.32 Å². The summed E-state index contributed by atoms with van der Waals surface area (Å²) in [5, 5.41) is 2.18. The van der Waals surface area contributed by atoms with Crippen molar-refractivity contribution < 1.29 is 64.7 Å². The molecule has 0 aromatic heterocycles. The van der Waals surface area contributed by atoms with Crippen LogP contribution < -0.4 is 15.4 Å². The molecule has 0 spiro atoms. The standard InChI is InChI=1S/C43H45N3O15S5/c1-22-16-24(3)42(65(55,56)57)26(5)40(22)44-32-20-34-30(18-37(32)63(49,50)51)39(29-14-10-11-15-36(29)62(47,48)46-28-12-8-7-9-13-28)31-19-38(64(52,53)54)33(21-35(31)61-34)45-41-23(2)17-25(4)43(27(41)6)66(58,59)60/h10-11,14-21,28,44,46H,7-9,12-13H2,1-6H3,(H,49,50,51)(H,52,53,54)(H,55,56,57)(H,58,59,60). The largest absolute Gasteiger partial charge is 0.456 e. The van der Waals surface area contributed by atoms with Crippen molar-refractivity contribution in [3.8, 4) is 22.5 Å². The van der Waals surface area contributed by atoms with Crippen molar-refractivity contribution >= 4 is 78.5 Å². The van der Waals surface area contributed by atoms with E-state index >= 15 is 0 Å². The summed E-state index contributed by atoms with van der Waals surface area (Å²) in [6, 6.07) is 12.1. The SMILES string of the molecule is Cc1cc(C)c(S(=O)(=O)O)c(C)c1N=c1cc2oc3cc(Nc4c(C)cc(C)c(S(=O)(=O)O)c4C)c(S(=O)(=O)O)cc3c(-c3ccccc3S(=O)(=O)NC3CCCCC3)c-2cc1S(=O)(=O)O. The molecular formula is C43H45N3O15S5. The summed E-state index contributed by atoms with van der Waals surface area (Å²) in [6.45, 7) is 8.71. The van der Waals surface area contributed by atoms with Gasteiger partial charge in [0.2, 0.25) is 10.0 Å². The number of rotatable bonds is 11. The molecule has 6 N–H and O–H groups in total. The number of anilines is 2. The lowest BCUT2D eigenvalue weighted by molar-refractivity contribution is 0.412. The zero-order chi connectivity index (χ0) is 48.6. The van der Waals surface area contributed by atoms with E-state index in [-0.39, 0.29) is 77.6 Å². The van der Waals surface area contributed by atoms with Crippen molar-refractivity contribution in [2.24, 2.45) is 4.99 Å². The molecule has 23 heteroatoms. The third-order valence-electron chi connectivity index (χ3n) is 11.6. The zero-order valence-corrected chi connectivity index (χ0v) is 40.2. The molecule has 3 aliphatic rings. The van der Waals surface area contributed by atoms with Crippen LogP contribution in [0.25, 0.3) is 33.4 Å². The molecule has 1 heterocycles. The second kappa shape index (κ2) is 17.2. The fraction of sp³-hybridized carbons (Fsp3) is 0.279. The van der Waals surface area contributed by atoms with Gasteiger partial charge in [-0.05, 0) is 106 Å². The Labute approximate surface area is 382 Å². The van der Waals surface area contributed by atoms with Gasteiger partial charge in [0, 0.05) is 45.9 Å². The van der Waals surface area contributed by atoms with Gasteiger partial charge in [0.25, 0.3) is 40.5 Å². The first-order valence-electron chi connectivity index (χ1n) is 20.1. The molecule has 0 unspecified atom stereocenters. The highest BCUT2D eigenvalue weighted by Gasteiger charge is 2.32. The molecule has 1 saturated carbocycles. The lowest BCUT2D eigenvalue weighted by Crippen LogP contribution is -2.36. The lowest BCUT2D eigenvalue weighted by atomic mass is 9.93. The summed E-state index contributed by atoms with van der Waals surface area (Å²) >= 11 is 0. The van der Waals surface area contributed by atoms with Gasteiger partial charge in [-0.15, -0.1) is 0 Å². The van der Waals surface area contributed by atoms with Gasteiger partial charge in [-0.25, -0.2) is 18.1 Å². The Morgan fingerprint density at radius 1 is 0.591 bits per heavy atom. The first-order chi connectivity index (χ1) is 30.5. The Morgan fingerprint density at radius 2 is 1.17 bits per heavy atom. The predicted octanol–water partition coefficient (Wildman–Crippen LogP) is 7.63. The Bertz CT molecular complexity index is 3660. The van der Waals surface area contributed by atoms with E-state index in [1.165, 1.54) is 64.1 Å². The molecular weight excluding hydrogens is 959 g/mol. The molecule has 0 radical (unpaired) electrons. The van der Waals surface area contributed by atoms with Crippen molar-refractivity contribution in [1.82, 2.24) is 4.72 Å². The van der Waals surface area contributed by atoms with E-state index in [0.717, 1.165) is 43.5 Å². The van der Waals surface area contributed by atoms with Crippen LogP contribution in [0.2, 0.25) is 0 Å². The van der Waals surface area contributed by atoms with Crippen LogP contribution in [-0.4, -0.2) is 66.3 Å². The molecule has 1 fully saturated rings. The first-order valence-corrected chi connectivity index (χ1v) is 27.4. The van der Waals surface area contributed by atoms with Gasteiger partial charge >= 0.3 is 0 Å². The molecule has 0 atom stereocenters. The van der Waals surface area contributed by atoms with Crippen molar-refractivity contribution in [3.63, 3.8) is 0 Å². The molecule has 0 amide bonds. The Morgan fingerprint density at radius 3 is 1.76 bits per heavy atom. The van der Waals surface area contributed by atoms with Crippen LogP contribution in [0.4, 0.5) is 17.1 Å². The summed E-state index contributed by atoms with van der Waals surface area (Å²) in [5.74, 6) is -0.226. The quantitative estimate of drug-likeness (QED) is 0.0537. The maximum absolute atomic E-state index is 14.4. The molecule has 352 valence electrons. The first kappa shape index (κ1) is 48.8. The molecule has 0 saturated heterocycles. The third-order valence-corrected chi connectivity index (χ3v) is 17.2. The third kappa shape index (κ3) is 9.41. The highest BCUT2D eigenvalue weighted by molar-refractivity contribution is 7.89. The van der Waals surface area contributed by atoms with Crippen LogP contribution in [0.1, 0.15) is 65.5 Å². The van der Waals surface area contributed by atoms with Crippen LogP contribution in [0.15, 0.2) is 94.6 Å². The summed E-state index contributed by atoms with van der Waals surface area (Å²) in [7, 11) is -24.5. The molecule has 1 aliphatic heterocycles. The number of benzene rings is 5. The number of nitrogens with one attached hydrogen (secondary N) is 2. The highest BCUT2D eigenvalue weighted by atomic mass is 32.2. The van der Waals surface area contributed by atoms with Crippen LogP contribution in [0, 0.1) is 41.5 Å². The van der Waals surface area contributed by atoms with Gasteiger partial charge in [-0.2, -0.15) is 33.7 Å². The fourth-order valence-electron chi connectivity index (χ4n) is 8.98. The molecule has 2 aliphatic carbocycles. The monoisotopic (exact) mass is 1000 g/mol. The van der Waals surface area contributed by atoms with Gasteiger partial charge in [0.05, 0.1) is 21.6 Å². The number of nitrogens with zero attached hydrogens (tertiary/aromatic N) is 1.